The van der Waals surface area contributed by atoms with Gasteiger partial charge < -0.3 is 9.67 Å². The Morgan fingerprint density at radius 2 is 2.22 bits per heavy atom. The second-order valence-corrected chi connectivity index (χ2v) is 4.67. The van der Waals surface area contributed by atoms with E-state index in [9.17, 15) is 4.79 Å². The van der Waals surface area contributed by atoms with E-state index in [-0.39, 0.29) is 6.04 Å². The van der Waals surface area contributed by atoms with Gasteiger partial charge in [0.25, 0.3) is 0 Å². The summed E-state index contributed by atoms with van der Waals surface area (Å²) < 4.78 is 1.96. The van der Waals surface area contributed by atoms with Gasteiger partial charge in [0.1, 0.15) is 5.82 Å². The molecular formula is C13H13ClN2O2. The number of hydrogen-bond donors (Lipinski definition) is 1. The summed E-state index contributed by atoms with van der Waals surface area (Å²) in [6.07, 6.45) is 2.58. The van der Waals surface area contributed by atoms with Crippen LogP contribution in [0.2, 0.25) is 5.02 Å². The molecule has 0 fully saturated rings. The van der Waals surface area contributed by atoms with Crippen molar-refractivity contribution in [3.8, 4) is 0 Å². The Morgan fingerprint density at radius 1 is 1.50 bits per heavy atom. The zero-order valence-electron chi connectivity index (χ0n) is 10.1. The number of carboxylic acid groups (broad SMARTS) is 1. The number of halogens is 1. The SMILES string of the molecule is CC(C)n1c(/C=C/C(=O)O)nc2ccc(Cl)cc21. The molecule has 1 N–H and O–H groups in total. The highest BCUT2D eigenvalue weighted by Crippen LogP contribution is 2.24. The van der Waals surface area contributed by atoms with E-state index in [1.165, 1.54) is 6.08 Å². The molecule has 18 heavy (non-hydrogen) atoms. The molecule has 0 spiro atoms. The van der Waals surface area contributed by atoms with E-state index >= 15 is 0 Å². The third-order valence-electron chi connectivity index (χ3n) is 2.57. The lowest BCUT2D eigenvalue weighted by Gasteiger charge is -2.10. The van der Waals surface area contributed by atoms with E-state index in [0.717, 1.165) is 17.1 Å². The first kappa shape index (κ1) is 12.6. The van der Waals surface area contributed by atoms with Crippen molar-refractivity contribution in [2.75, 3.05) is 0 Å². The number of aromatic nitrogens is 2. The number of nitrogens with zero attached hydrogens (tertiary/aromatic N) is 2. The summed E-state index contributed by atoms with van der Waals surface area (Å²) in [7, 11) is 0. The van der Waals surface area contributed by atoms with Gasteiger partial charge in [-0.05, 0) is 38.1 Å². The van der Waals surface area contributed by atoms with E-state index in [4.69, 9.17) is 16.7 Å². The molecule has 0 unspecified atom stereocenters. The summed E-state index contributed by atoms with van der Waals surface area (Å²) in [5, 5.41) is 9.32. The Bertz CT molecular complexity index is 629. The van der Waals surface area contributed by atoms with Gasteiger partial charge in [0, 0.05) is 17.1 Å². The molecule has 4 nitrogen and oxygen atoms in total. The highest BCUT2D eigenvalue weighted by atomic mass is 35.5. The second kappa shape index (κ2) is 4.82. The summed E-state index contributed by atoms with van der Waals surface area (Å²) in [4.78, 5) is 15.0. The summed E-state index contributed by atoms with van der Waals surface area (Å²) in [5.41, 5.74) is 1.71. The quantitative estimate of drug-likeness (QED) is 0.865. The lowest BCUT2D eigenvalue weighted by Crippen LogP contribution is -2.03. The third-order valence-corrected chi connectivity index (χ3v) is 2.81. The number of carboxylic acids is 1. The Hall–Kier alpha value is -1.81. The fourth-order valence-corrected chi connectivity index (χ4v) is 2.06. The number of rotatable bonds is 3. The molecule has 1 heterocycles. The molecule has 0 amide bonds. The molecule has 5 heteroatoms. The van der Waals surface area contributed by atoms with Crippen molar-refractivity contribution in [1.82, 2.24) is 9.55 Å². The molecule has 0 saturated carbocycles. The molecule has 0 saturated heterocycles. The topological polar surface area (TPSA) is 55.1 Å². The average molecular weight is 265 g/mol. The minimum absolute atomic E-state index is 0.168. The zero-order valence-corrected chi connectivity index (χ0v) is 10.8. The first-order chi connectivity index (χ1) is 8.49. The van der Waals surface area contributed by atoms with Gasteiger partial charge in [-0.15, -0.1) is 0 Å². The van der Waals surface area contributed by atoms with Crippen LogP contribution in [0.4, 0.5) is 0 Å². The van der Waals surface area contributed by atoms with Crippen molar-refractivity contribution in [3.63, 3.8) is 0 Å². The lowest BCUT2D eigenvalue weighted by atomic mass is 10.3. The van der Waals surface area contributed by atoms with E-state index in [2.05, 4.69) is 4.98 Å². The van der Waals surface area contributed by atoms with Crippen LogP contribution in [-0.4, -0.2) is 20.6 Å². The van der Waals surface area contributed by atoms with Crippen LogP contribution in [0.15, 0.2) is 24.3 Å². The van der Waals surface area contributed by atoms with Gasteiger partial charge in [0.05, 0.1) is 11.0 Å². The van der Waals surface area contributed by atoms with E-state index < -0.39 is 5.97 Å². The summed E-state index contributed by atoms with van der Waals surface area (Å²) >= 11 is 5.98. The molecule has 1 aromatic carbocycles. The number of carbonyl (C=O) groups is 1. The number of aliphatic carboxylic acids is 1. The molecular weight excluding hydrogens is 252 g/mol. The first-order valence-corrected chi connectivity index (χ1v) is 5.95. The fourth-order valence-electron chi connectivity index (χ4n) is 1.89. The van der Waals surface area contributed by atoms with Crippen LogP contribution >= 0.6 is 11.6 Å². The summed E-state index contributed by atoms with van der Waals surface area (Å²) in [6.45, 7) is 4.03. The third kappa shape index (κ3) is 2.38. The van der Waals surface area contributed by atoms with Gasteiger partial charge in [0.2, 0.25) is 0 Å². The van der Waals surface area contributed by atoms with Crippen LogP contribution in [0.5, 0.6) is 0 Å². The maximum atomic E-state index is 10.6. The van der Waals surface area contributed by atoms with Crippen LogP contribution in [0.1, 0.15) is 25.7 Å². The van der Waals surface area contributed by atoms with Gasteiger partial charge in [-0.2, -0.15) is 0 Å². The number of benzene rings is 1. The van der Waals surface area contributed by atoms with Crippen LogP contribution < -0.4 is 0 Å². The standard InChI is InChI=1S/C13H13ClN2O2/c1-8(2)16-11-7-9(14)3-4-10(11)15-12(16)5-6-13(17)18/h3-8H,1-2H3,(H,17,18)/b6-5+. The van der Waals surface area contributed by atoms with Gasteiger partial charge in [-0.1, -0.05) is 11.6 Å². The number of hydrogen-bond acceptors (Lipinski definition) is 2. The number of fused-ring (bicyclic) bond motifs is 1. The fraction of sp³-hybridized carbons (Fsp3) is 0.231. The molecule has 2 rings (SSSR count). The molecule has 1 aromatic heterocycles. The Balaban J connectivity index is 2.65. The predicted octanol–water partition coefficient (Wildman–Crippen LogP) is 3.37. The van der Waals surface area contributed by atoms with Crippen LogP contribution in [0.25, 0.3) is 17.1 Å². The molecule has 94 valence electrons. The van der Waals surface area contributed by atoms with E-state index in [1.54, 1.807) is 6.07 Å². The monoisotopic (exact) mass is 264 g/mol. The van der Waals surface area contributed by atoms with Crippen LogP contribution in [0, 0.1) is 0 Å². The van der Waals surface area contributed by atoms with E-state index in [0.29, 0.717) is 10.8 Å². The highest BCUT2D eigenvalue weighted by Gasteiger charge is 2.11. The summed E-state index contributed by atoms with van der Waals surface area (Å²) in [5.74, 6) is -0.375. The molecule has 0 atom stereocenters. The molecule has 0 aliphatic rings. The van der Waals surface area contributed by atoms with Crippen molar-refractivity contribution in [2.45, 2.75) is 19.9 Å². The maximum absolute atomic E-state index is 10.6. The minimum atomic E-state index is -0.990. The van der Waals surface area contributed by atoms with E-state index in [1.807, 2.05) is 30.5 Å². The molecule has 0 bridgehead atoms. The normalized spacial score (nSPS) is 11.8. The van der Waals surface area contributed by atoms with Crippen molar-refractivity contribution in [3.05, 3.63) is 35.1 Å². The van der Waals surface area contributed by atoms with Gasteiger partial charge in [0.15, 0.2) is 0 Å². The molecule has 2 aromatic rings. The highest BCUT2D eigenvalue weighted by molar-refractivity contribution is 6.31. The Kier molecular flexibility index (Phi) is 3.39. The molecule has 0 radical (unpaired) electrons. The molecule has 0 aliphatic heterocycles. The van der Waals surface area contributed by atoms with Crippen molar-refractivity contribution in [2.24, 2.45) is 0 Å². The van der Waals surface area contributed by atoms with Crippen LogP contribution in [-0.2, 0) is 4.79 Å². The largest absolute Gasteiger partial charge is 0.478 e. The van der Waals surface area contributed by atoms with Gasteiger partial charge in [-0.25, -0.2) is 9.78 Å². The second-order valence-electron chi connectivity index (χ2n) is 4.24. The Morgan fingerprint density at radius 3 is 2.83 bits per heavy atom. The van der Waals surface area contributed by atoms with Gasteiger partial charge >= 0.3 is 5.97 Å². The maximum Gasteiger partial charge on any atom is 0.328 e. The smallest absolute Gasteiger partial charge is 0.328 e. The van der Waals surface area contributed by atoms with Crippen molar-refractivity contribution >= 4 is 34.7 Å². The van der Waals surface area contributed by atoms with Crippen molar-refractivity contribution in [1.29, 1.82) is 0 Å². The Labute approximate surface area is 110 Å². The van der Waals surface area contributed by atoms with Crippen LogP contribution in [0.3, 0.4) is 0 Å². The molecule has 0 aliphatic carbocycles. The minimum Gasteiger partial charge on any atom is -0.478 e. The summed E-state index contributed by atoms with van der Waals surface area (Å²) in [6, 6.07) is 5.60. The first-order valence-electron chi connectivity index (χ1n) is 5.57. The van der Waals surface area contributed by atoms with Gasteiger partial charge in [-0.3, -0.25) is 0 Å². The number of imidazole rings is 1. The van der Waals surface area contributed by atoms with Crippen molar-refractivity contribution < 1.29 is 9.90 Å². The zero-order chi connectivity index (χ0) is 13.3. The lowest BCUT2D eigenvalue weighted by molar-refractivity contribution is -0.131. The average Bonchev–Trinajstić information content (AvgIpc) is 2.63. The predicted molar refractivity (Wildman–Crippen MR) is 71.8 cm³/mol.